The molecule has 0 bridgehead atoms. The van der Waals surface area contributed by atoms with Crippen LogP contribution < -0.4 is 4.74 Å². The second kappa shape index (κ2) is 11.4. The van der Waals surface area contributed by atoms with Gasteiger partial charge in [-0.3, -0.25) is 19.5 Å². The number of nitrogens with zero attached hydrogens (tertiary/aromatic N) is 3. The van der Waals surface area contributed by atoms with Crippen LogP contribution in [0.2, 0.25) is 10.0 Å². The number of rotatable bonds is 9. The maximum atomic E-state index is 13.2. The van der Waals surface area contributed by atoms with Crippen LogP contribution >= 0.6 is 23.2 Å². The van der Waals surface area contributed by atoms with Crippen LogP contribution in [-0.2, 0) is 11.2 Å². The van der Waals surface area contributed by atoms with Gasteiger partial charge in [-0.25, -0.2) is 0 Å². The molecule has 1 aliphatic heterocycles. The molecule has 0 N–H and O–H groups in total. The van der Waals surface area contributed by atoms with Crippen molar-refractivity contribution < 1.29 is 23.5 Å². The SMILES string of the molecule is CCOCCN1CCN(C(=O)c2cc3c(C(=O)Cc4c(Cl)cncc4Cl)ccc(OC)c3o2)CC1. The summed E-state index contributed by atoms with van der Waals surface area (Å²) >= 11 is 12.4. The highest BCUT2D eigenvalue weighted by atomic mass is 35.5. The molecule has 1 amide bonds. The second-order valence-electron chi connectivity index (χ2n) is 8.18. The van der Waals surface area contributed by atoms with Crippen molar-refractivity contribution >= 4 is 45.9 Å². The lowest BCUT2D eigenvalue weighted by atomic mass is 10.00. The summed E-state index contributed by atoms with van der Waals surface area (Å²) in [5.74, 6) is 0.180. The van der Waals surface area contributed by atoms with Crippen LogP contribution in [0, 0.1) is 0 Å². The lowest BCUT2D eigenvalue weighted by Crippen LogP contribution is -2.49. The van der Waals surface area contributed by atoms with Crippen molar-refractivity contribution in [2.45, 2.75) is 13.3 Å². The fraction of sp³-hybridized carbons (Fsp3) is 0.400. The topological polar surface area (TPSA) is 85.1 Å². The first kappa shape index (κ1) is 25.4. The lowest BCUT2D eigenvalue weighted by Gasteiger charge is -2.34. The molecule has 1 aliphatic rings. The van der Waals surface area contributed by atoms with Crippen LogP contribution in [0.1, 0.15) is 33.4 Å². The van der Waals surface area contributed by atoms with Gasteiger partial charge < -0.3 is 18.8 Å². The Kier molecular flexibility index (Phi) is 8.28. The summed E-state index contributed by atoms with van der Waals surface area (Å²) in [4.78, 5) is 34.4. The Morgan fingerprint density at radius 1 is 1.11 bits per heavy atom. The predicted molar refractivity (Wildman–Crippen MR) is 134 cm³/mol. The monoisotopic (exact) mass is 519 g/mol. The summed E-state index contributed by atoms with van der Waals surface area (Å²) in [7, 11) is 1.51. The normalized spacial score (nSPS) is 14.5. The van der Waals surface area contributed by atoms with Crippen LogP contribution in [0.4, 0.5) is 0 Å². The minimum atomic E-state index is -0.216. The Balaban J connectivity index is 1.56. The maximum Gasteiger partial charge on any atom is 0.289 e. The van der Waals surface area contributed by atoms with Crippen LogP contribution in [-0.4, -0.2) is 79.5 Å². The summed E-state index contributed by atoms with van der Waals surface area (Å²) in [5.41, 5.74) is 1.25. The number of pyridine rings is 1. The summed E-state index contributed by atoms with van der Waals surface area (Å²) in [5, 5.41) is 1.15. The zero-order valence-corrected chi connectivity index (χ0v) is 21.2. The standard InChI is InChI=1S/C25H27Cl2N3O5/c1-3-34-11-10-29-6-8-30(9-7-29)25(32)23-13-17-16(4-5-22(33-2)24(17)35-23)21(31)12-18-19(26)14-28-15-20(18)27/h4-5,13-15H,3,6-12H2,1-2H3. The molecular formula is C25H27Cl2N3O5. The van der Waals surface area contributed by atoms with Gasteiger partial charge in [0.1, 0.15) is 0 Å². The number of carbonyl (C=O) groups is 2. The van der Waals surface area contributed by atoms with Gasteiger partial charge in [0.2, 0.25) is 0 Å². The number of Topliss-reactive ketones (excluding diaryl/α,β-unsaturated/α-hetero) is 1. The third-order valence-corrected chi connectivity index (χ3v) is 6.74. The van der Waals surface area contributed by atoms with Crippen LogP contribution in [0.15, 0.2) is 35.0 Å². The average molecular weight is 520 g/mol. The molecule has 8 nitrogen and oxygen atoms in total. The molecule has 1 saturated heterocycles. The molecule has 1 fully saturated rings. The van der Waals surface area contributed by atoms with E-state index in [1.54, 1.807) is 23.1 Å². The van der Waals surface area contributed by atoms with Crippen molar-refractivity contribution in [3.8, 4) is 5.75 Å². The number of hydrogen-bond donors (Lipinski definition) is 0. The number of carbonyl (C=O) groups excluding carboxylic acids is 2. The van der Waals surface area contributed by atoms with Gasteiger partial charge in [0.05, 0.1) is 23.8 Å². The largest absolute Gasteiger partial charge is 0.493 e. The number of halogens is 2. The molecule has 0 aliphatic carbocycles. The van der Waals surface area contributed by atoms with Gasteiger partial charge in [-0.05, 0) is 25.1 Å². The number of ketones is 1. The number of ether oxygens (including phenoxy) is 2. The molecule has 0 atom stereocenters. The van der Waals surface area contributed by atoms with Crippen molar-refractivity contribution in [1.29, 1.82) is 0 Å². The van der Waals surface area contributed by atoms with Crippen molar-refractivity contribution in [1.82, 2.24) is 14.8 Å². The van der Waals surface area contributed by atoms with E-state index in [1.807, 2.05) is 6.92 Å². The maximum absolute atomic E-state index is 13.2. The van der Waals surface area contributed by atoms with Gasteiger partial charge in [0.15, 0.2) is 22.9 Å². The number of piperazine rings is 1. The van der Waals surface area contributed by atoms with Gasteiger partial charge in [-0.15, -0.1) is 0 Å². The molecule has 0 unspecified atom stereocenters. The number of hydrogen-bond acceptors (Lipinski definition) is 7. The van der Waals surface area contributed by atoms with Gasteiger partial charge in [-0.2, -0.15) is 0 Å². The van der Waals surface area contributed by atoms with Crippen LogP contribution in [0.25, 0.3) is 11.0 Å². The quantitative estimate of drug-likeness (QED) is 0.306. The van der Waals surface area contributed by atoms with E-state index in [1.165, 1.54) is 19.5 Å². The van der Waals surface area contributed by atoms with Crippen molar-refractivity contribution in [2.75, 3.05) is 53.0 Å². The van der Waals surface area contributed by atoms with Crippen molar-refractivity contribution in [3.05, 3.63) is 57.5 Å². The number of furan rings is 1. The summed E-state index contributed by atoms with van der Waals surface area (Å²) in [6.07, 6.45) is 2.88. The molecule has 186 valence electrons. The number of benzene rings is 1. The van der Waals surface area contributed by atoms with E-state index >= 15 is 0 Å². The third kappa shape index (κ3) is 5.62. The molecule has 2 aromatic heterocycles. The van der Waals surface area contributed by atoms with Crippen molar-refractivity contribution in [3.63, 3.8) is 0 Å². The average Bonchev–Trinajstić information content (AvgIpc) is 3.31. The van der Waals surface area contributed by atoms with E-state index in [9.17, 15) is 9.59 Å². The Hall–Kier alpha value is -2.65. The Morgan fingerprint density at radius 3 is 2.49 bits per heavy atom. The van der Waals surface area contributed by atoms with Crippen LogP contribution in [0.3, 0.4) is 0 Å². The zero-order valence-electron chi connectivity index (χ0n) is 19.7. The number of amides is 1. The van der Waals surface area contributed by atoms with Crippen LogP contribution in [0.5, 0.6) is 5.75 Å². The van der Waals surface area contributed by atoms with E-state index in [0.717, 1.165) is 19.6 Å². The molecule has 0 radical (unpaired) electrons. The lowest BCUT2D eigenvalue weighted by molar-refractivity contribution is 0.0541. The molecule has 3 aromatic rings. The highest BCUT2D eigenvalue weighted by Gasteiger charge is 2.27. The molecule has 0 saturated carbocycles. The zero-order chi connectivity index (χ0) is 24.9. The van der Waals surface area contributed by atoms with E-state index in [0.29, 0.717) is 64.2 Å². The number of fused-ring (bicyclic) bond motifs is 1. The Labute approximate surface area is 213 Å². The van der Waals surface area contributed by atoms with E-state index < -0.39 is 0 Å². The molecular weight excluding hydrogens is 493 g/mol. The van der Waals surface area contributed by atoms with Gasteiger partial charge >= 0.3 is 0 Å². The second-order valence-corrected chi connectivity index (χ2v) is 9.00. The smallest absolute Gasteiger partial charge is 0.289 e. The van der Waals surface area contributed by atoms with E-state index in [-0.39, 0.29) is 23.9 Å². The summed E-state index contributed by atoms with van der Waals surface area (Å²) in [6, 6.07) is 4.93. The van der Waals surface area contributed by atoms with Gasteiger partial charge in [-0.1, -0.05) is 23.2 Å². The van der Waals surface area contributed by atoms with Crippen molar-refractivity contribution in [2.24, 2.45) is 0 Å². The molecule has 1 aromatic carbocycles. The number of methoxy groups -OCH3 is 1. The molecule has 35 heavy (non-hydrogen) atoms. The first-order valence-electron chi connectivity index (χ1n) is 11.4. The van der Waals surface area contributed by atoms with E-state index in [2.05, 4.69) is 9.88 Å². The van der Waals surface area contributed by atoms with Gasteiger partial charge in [0, 0.05) is 74.7 Å². The Morgan fingerprint density at radius 2 is 1.83 bits per heavy atom. The summed E-state index contributed by atoms with van der Waals surface area (Å²) in [6.45, 7) is 6.89. The molecule has 3 heterocycles. The summed E-state index contributed by atoms with van der Waals surface area (Å²) < 4.78 is 16.8. The van der Waals surface area contributed by atoms with E-state index in [4.69, 9.17) is 37.1 Å². The predicted octanol–water partition coefficient (Wildman–Crippen LogP) is 4.36. The third-order valence-electron chi connectivity index (χ3n) is 6.08. The fourth-order valence-electron chi connectivity index (χ4n) is 4.14. The first-order valence-corrected chi connectivity index (χ1v) is 12.2. The highest BCUT2D eigenvalue weighted by molar-refractivity contribution is 6.36. The first-order chi connectivity index (χ1) is 16.9. The molecule has 0 spiro atoms. The highest BCUT2D eigenvalue weighted by Crippen LogP contribution is 2.34. The minimum Gasteiger partial charge on any atom is -0.493 e. The Bertz CT molecular complexity index is 1200. The minimum absolute atomic E-state index is 0.0141. The number of aromatic nitrogens is 1. The molecule has 4 rings (SSSR count). The fourth-order valence-corrected chi connectivity index (χ4v) is 4.64. The molecule has 10 heteroatoms. The van der Waals surface area contributed by atoms with Gasteiger partial charge in [0.25, 0.3) is 5.91 Å².